The molecule has 1 unspecified atom stereocenters. The van der Waals surface area contributed by atoms with Crippen molar-refractivity contribution in [2.75, 3.05) is 21.3 Å². The van der Waals surface area contributed by atoms with E-state index in [9.17, 15) is 0 Å². The van der Waals surface area contributed by atoms with Crippen molar-refractivity contribution in [2.45, 2.75) is 5.54 Å². The highest BCUT2D eigenvalue weighted by Crippen LogP contribution is 2.29. The molecule has 1 aromatic carbocycles. The molecular formula is C12H19NO3Si. The van der Waals surface area contributed by atoms with E-state index < -0.39 is 8.80 Å². The van der Waals surface area contributed by atoms with Gasteiger partial charge >= 0.3 is 8.80 Å². The summed E-state index contributed by atoms with van der Waals surface area (Å²) in [5, 5.41) is 0. The normalized spacial score (nSPS) is 14.1. The summed E-state index contributed by atoms with van der Waals surface area (Å²) in [4.78, 5) is 0. The summed E-state index contributed by atoms with van der Waals surface area (Å²) in [5.74, 6) is 0. The lowest BCUT2D eigenvalue weighted by molar-refractivity contribution is 0.117. The van der Waals surface area contributed by atoms with Gasteiger partial charge in [0.2, 0.25) is 0 Å². The fourth-order valence-electron chi connectivity index (χ4n) is 1.84. The van der Waals surface area contributed by atoms with Gasteiger partial charge in [-0.15, -0.1) is 0 Å². The molecule has 17 heavy (non-hydrogen) atoms. The van der Waals surface area contributed by atoms with Crippen molar-refractivity contribution < 1.29 is 13.3 Å². The molecule has 0 saturated carbocycles. The first kappa shape index (κ1) is 13.9. The van der Waals surface area contributed by atoms with Gasteiger partial charge in [0.15, 0.2) is 0 Å². The van der Waals surface area contributed by atoms with Crippen LogP contribution in [0.25, 0.3) is 0 Å². The van der Waals surface area contributed by atoms with Crippen molar-refractivity contribution in [3.05, 3.63) is 48.2 Å². The van der Waals surface area contributed by atoms with Gasteiger partial charge in [-0.2, -0.15) is 0 Å². The Hall–Kier alpha value is -1.14. The van der Waals surface area contributed by atoms with Gasteiger partial charge in [0, 0.05) is 21.3 Å². The van der Waals surface area contributed by atoms with Crippen molar-refractivity contribution in [1.82, 2.24) is 0 Å². The van der Waals surface area contributed by atoms with E-state index >= 15 is 0 Å². The summed E-state index contributed by atoms with van der Waals surface area (Å²) in [6.45, 7) is 0. The van der Waals surface area contributed by atoms with Gasteiger partial charge in [-0.1, -0.05) is 36.4 Å². The number of nitrogens with two attached hydrogens (primary N) is 1. The van der Waals surface area contributed by atoms with E-state index in [-0.39, 0.29) is 5.54 Å². The van der Waals surface area contributed by atoms with Crippen LogP contribution in [0, 0.1) is 0 Å². The lowest BCUT2D eigenvalue weighted by Crippen LogP contribution is -2.48. The Bertz CT molecular complexity index is 344. The van der Waals surface area contributed by atoms with Gasteiger partial charge in [0.05, 0.1) is 5.54 Å². The molecule has 94 valence electrons. The summed E-state index contributed by atoms with van der Waals surface area (Å²) in [7, 11) is 2.01. The molecule has 0 aliphatic rings. The second-order valence-corrected chi connectivity index (χ2v) is 6.54. The van der Waals surface area contributed by atoms with Crippen molar-refractivity contribution in [1.29, 1.82) is 0 Å². The third-order valence-corrected chi connectivity index (χ3v) is 5.69. The minimum absolute atomic E-state index is 0.103. The fourth-order valence-corrected chi connectivity index (χ4v) is 4.04. The zero-order chi connectivity index (χ0) is 12.7. The van der Waals surface area contributed by atoms with Crippen LogP contribution in [0.1, 0.15) is 11.1 Å². The third-order valence-electron chi connectivity index (χ3n) is 2.70. The number of rotatable bonds is 6. The van der Waals surface area contributed by atoms with Crippen LogP contribution in [0.2, 0.25) is 0 Å². The number of allylic oxidation sites excluding steroid dienone is 1. The highest BCUT2D eigenvalue weighted by molar-refractivity contribution is 6.62. The van der Waals surface area contributed by atoms with Crippen LogP contribution in [0.5, 0.6) is 0 Å². The van der Waals surface area contributed by atoms with Gasteiger partial charge in [-0.3, -0.25) is 0 Å². The SMILES string of the molecule is CO[Si](OC)(OC)C(C=CN)c1ccccc1. The van der Waals surface area contributed by atoms with E-state index in [1.165, 1.54) is 6.20 Å². The molecule has 1 rings (SSSR count). The van der Waals surface area contributed by atoms with Gasteiger partial charge in [0.25, 0.3) is 0 Å². The molecule has 2 N–H and O–H groups in total. The van der Waals surface area contributed by atoms with Gasteiger partial charge in [-0.25, -0.2) is 0 Å². The maximum absolute atomic E-state index is 5.50. The zero-order valence-corrected chi connectivity index (χ0v) is 11.4. The Morgan fingerprint density at radius 3 is 2.00 bits per heavy atom. The summed E-state index contributed by atoms with van der Waals surface area (Å²) in [6, 6.07) is 9.90. The summed E-state index contributed by atoms with van der Waals surface area (Å²) in [5.41, 5.74) is 6.46. The number of hydrogen-bond acceptors (Lipinski definition) is 4. The van der Waals surface area contributed by atoms with E-state index in [0.29, 0.717) is 0 Å². The van der Waals surface area contributed by atoms with E-state index in [1.54, 1.807) is 21.3 Å². The first-order valence-corrected chi connectivity index (χ1v) is 7.13. The molecule has 0 aliphatic carbocycles. The van der Waals surface area contributed by atoms with Crippen LogP contribution in [0.3, 0.4) is 0 Å². The van der Waals surface area contributed by atoms with Gasteiger partial charge < -0.3 is 19.0 Å². The monoisotopic (exact) mass is 253 g/mol. The summed E-state index contributed by atoms with van der Waals surface area (Å²) >= 11 is 0. The van der Waals surface area contributed by atoms with Crippen molar-refractivity contribution in [3.63, 3.8) is 0 Å². The van der Waals surface area contributed by atoms with Crippen molar-refractivity contribution in [2.24, 2.45) is 5.73 Å². The molecule has 1 atom stereocenters. The van der Waals surface area contributed by atoms with Crippen LogP contribution in [-0.4, -0.2) is 30.1 Å². The molecule has 4 nitrogen and oxygen atoms in total. The molecule has 1 aromatic rings. The largest absolute Gasteiger partial charge is 0.512 e. The van der Waals surface area contributed by atoms with Crippen molar-refractivity contribution in [3.8, 4) is 0 Å². The lowest BCUT2D eigenvalue weighted by atomic mass is 10.1. The Balaban J connectivity index is 3.16. The van der Waals surface area contributed by atoms with Gasteiger partial charge in [-0.05, 0) is 11.8 Å². The lowest BCUT2D eigenvalue weighted by Gasteiger charge is -2.30. The first-order valence-electron chi connectivity index (χ1n) is 5.33. The zero-order valence-electron chi connectivity index (χ0n) is 10.4. The molecule has 0 aliphatic heterocycles. The molecule has 0 spiro atoms. The maximum Gasteiger partial charge on any atom is 0.512 e. The van der Waals surface area contributed by atoms with Crippen LogP contribution >= 0.6 is 0 Å². The third kappa shape index (κ3) is 2.95. The Morgan fingerprint density at radius 2 is 1.59 bits per heavy atom. The van der Waals surface area contributed by atoms with E-state index in [1.807, 2.05) is 36.4 Å². The number of hydrogen-bond donors (Lipinski definition) is 1. The summed E-state index contributed by atoms with van der Waals surface area (Å²) in [6.07, 6.45) is 3.34. The molecule has 5 heteroatoms. The van der Waals surface area contributed by atoms with Crippen molar-refractivity contribution >= 4 is 8.80 Å². The Kier molecular flexibility index (Phi) is 5.37. The molecule has 0 bridgehead atoms. The minimum Gasteiger partial charge on any atom is -0.405 e. The number of benzene rings is 1. The predicted molar refractivity (Wildman–Crippen MR) is 69.3 cm³/mol. The predicted octanol–water partition coefficient (Wildman–Crippen LogP) is 1.66. The minimum atomic E-state index is -2.78. The first-order chi connectivity index (χ1) is 8.24. The van der Waals surface area contributed by atoms with Crippen LogP contribution in [-0.2, 0) is 13.3 Å². The molecule has 0 amide bonds. The second-order valence-electron chi connectivity index (χ2n) is 3.49. The highest BCUT2D eigenvalue weighted by Gasteiger charge is 2.46. The molecule has 0 saturated heterocycles. The average Bonchev–Trinajstić information content (AvgIpc) is 2.41. The highest BCUT2D eigenvalue weighted by atomic mass is 28.4. The van der Waals surface area contributed by atoms with Crippen LogP contribution in [0.4, 0.5) is 0 Å². The molecule has 0 fully saturated rings. The fraction of sp³-hybridized carbons (Fsp3) is 0.333. The molecule has 0 radical (unpaired) electrons. The summed E-state index contributed by atoms with van der Waals surface area (Å²) < 4.78 is 16.5. The quantitative estimate of drug-likeness (QED) is 0.783. The average molecular weight is 253 g/mol. The van der Waals surface area contributed by atoms with Crippen LogP contribution in [0.15, 0.2) is 42.6 Å². The van der Waals surface area contributed by atoms with E-state index in [0.717, 1.165) is 5.56 Å². The standard InChI is InChI=1S/C12H19NO3Si/c1-14-17(15-2,16-3)12(9-10-13)11-7-5-4-6-8-11/h4-10,12H,13H2,1-3H3. The van der Waals surface area contributed by atoms with E-state index in [2.05, 4.69) is 0 Å². The Labute approximate surface area is 103 Å². The Morgan fingerprint density at radius 1 is 1.06 bits per heavy atom. The van der Waals surface area contributed by atoms with Crippen LogP contribution < -0.4 is 5.73 Å². The second kappa shape index (κ2) is 6.56. The molecule has 0 heterocycles. The molecule has 0 aromatic heterocycles. The van der Waals surface area contributed by atoms with E-state index in [4.69, 9.17) is 19.0 Å². The topological polar surface area (TPSA) is 53.7 Å². The van der Waals surface area contributed by atoms with Gasteiger partial charge in [0.1, 0.15) is 0 Å². The molecular weight excluding hydrogens is 234 g/mol. The maximum atomic E-state index is 5.50. The smallest absolute Gasteiger partial charge is 0.405 e.